The van der Waals surface area contributed by atoms with Gasteiger partial charge in [-0.15, -0.1) is 0 Å². The van der Waals surface area contributed by atoms with E-state index in [1.807, 2.05) is 13.0 Å². The molecule has 0 bridgehead atoms. The Morgan fingerprint density at radius 2 is 2.35 bits per heavy atom. The van der Waals surface area contributed by atoms with Gasteiger partial charge in [0.05, 0.1) is 19.3 Å². The smallest absolute Gasteiger partial charge is 0.125 e. The van der Waals surface area contributed by atoms with E-state index in [0.29, 0.717) is 19.6 Å². The second kappa shape index (κ2) is 5.85. The minimum atomic E-state index is -0.474. The number of benzene rings is 1. The molecular formula is C13H17BrO3. The van der Waals surface area contributed by atoms with Gasteiger partial charge in [-0.05, 0) is 30.2 Å². The average Bonchev–Trinajstić information content (AvgIpc) is 2.74. The highest BCUT2D eigenvalue weighted by atomic mass is 79.9. The van der Waals surface area contributed by atoms with Crippen LogP contribution in [0.4, 0.5) is 0 Å². The van der Waals surface area contributed by atoms with Crippen LogP contribution in [0.2, 0.25) is 0 Å². The first-order chi connectivity index (χ1) is 8.20. The van der Waals surface area contributed by atoms with Gasteiger partial charge in [0.15, 0.2) is 0 Å². The third-order valence-corrected chi connectivity index (χ3v) is 3.25. The number of hydrogen-bond acceptors (Lipinski definition) is 3. The Morgan fingerprint density at radius 3 is 3.12 bits per heavy atom. The quantitative estimate of drug-likeness (QED) is 0.907. The highest BCUT2D eigenvalue weighted by Gasteiger charge is 2.19. The van der Waals surface area contributed by atoms with Gasteiger partial charge in [-0.2, -0.15) is 0 Å². The first-order valence-electron chi connectivity index (χ1n) is 5.90. The zero-order valence-electron chi connectivity index (χ0n) is 9.91. The SMILES string of the molecule is CCOCC(O)Cc1cc(Br)cc2c1OCC2. The van der Waals surface area contributed by atoms with Gasteiger partial charge in [-0.1, -0.05) is 15.9 Å². The molecule has 1 aliphatic heterocycles. The van der Waals surface area contributed by atoms with Crippen molar-refractivity contribution in [1.82, 2.24) is 0 Å². The van der Waals surface area contributed by atoms with Gasteiger partial charge in [0.25, 0.3) is 0 Å². The summed E-state index contributed by atoms with van der Waals surface area (Å²) in [5.41, 5.74) is 2.28. The van der Waals surface area contributed by atoms with Crippen molar-refractivity contribution in [3.8, 4) is 5.75 Å². The molecule has 3 nitrogen and oxygen atoms in total. The van der Waals surface area contributed by atoms with Crippen molar-refractivity contribution in [2.45, 2.75) is 25.9 Å². The lowest BCUT2D eigenvalue weighted by Crippen LogP contribution is -2.18. The summed E-state index contributed by atoms with van der Waals surface area (Å²) in [6.45, 7) is 3.66. The van der Waals surface area contributed by atoms with E-state index in [9.17, 15) is 5.11 Å². The van der Waals surface area contributed by atoms with E-state index in [4.69, 9.17) is 9.47 Å². The molecule has 0 radical (unpaired) electrons. The molecule has 2 rings (SSSR count). The molecule has 0 saturated carbocycles. The molecule has 0 aliphatic carbocycles. The minimum Gasteiger partial charge on any atom is -0.493 e. The van der Waals surface area contributed by atoms with Crippen molar-refractivity contribution in [2.75, 3.05) is 19.8 Å². The van der Waals surface area contributed by atoms with E-state index in [0.717, 1.165) is 28.8 Å². The Balaban J connectivity index is 2.10. The fourth-order valence-electron chi connectivity index (χ4n) is 2.06. The Bertz CT molecular complexity index is 392. The van der Waals surface area contributed by atoms with E-state index < -0.39 is 6.10 Å². The van der Waals surface area contributed by atoms with Crippen molar-refractivity contribution >= 4 is 15.9 Å². The van der Waals surface area contributed by atoms with Gasteiger partial charge in [0.2, 0.25) is 0 Å². The topological polar surface area (TPSA) is 38.7 Å². The van der Waals surface area contributed by atoms with Gasteiger partial charge >= 0.3 is 0 Å². The van der Waals surface area contributed by atoms with Crippen LogP contribution in [0.3, 0.4) is 0 Å². The van der Waals surface area contributed by atoms with Crippen molar-refractivity contribution in [3.05, 3.63) is 27.7 Å². The predicted molar refractivity (Wildman–Crippen MR) is 69.5 cm³/mol. The average molecular weight is 301 g/mol. The number of ether oxygens (including phenoxy) is 2. The minimum absolute atomic E-state index is 0.373. The van der Waals surface area contributed by atoms with Crippen LogP contribution in [-0.4, -0.2) is 31.0 Å². The first-order valence-corrected chi connectivity index (χ1v) is 6.70. The second-order valence-electron chi connectivity index (χ2n) is 4.17. The van der Waals surface area contributed by atoms with E-state index >= 15 is 0 Å². The summed E-state index contributed by atoms with van der Waals surface area (Å²) in [7, 11) is 0. The molecular weight excluding hydrogens is 284 g/mol. The normalized spacial score (nSPS) is 15.5. The maximum atomic E-state index is 9.86. The lowest BCUT2D eigenvalue weighted by atomic mass is 10.0. The largest absolute Gasteiger partial charge is 0.493 e. The van der Waals surface area contributed by atoms with Gasteiger partial charge in [-0.3, -0.25) is 0 Å². The Labute approximate surface area is 110 Å². The van der Waals surface area contributed by atoms with Crippen LogP contribution in [0, 0.1) is 0 Å². The van der Waals surface area contributed by atoms with E-state index in [-0.39, 0.29) is 0 Å². The van der Waals surface area contributed by atoms with Crippen LogP contribution in [0.5, 0.6) is 5.75 Å². The first kappa shape index (κ1) is 12.9. The highest BCUT2D eigenvalue weighted by Crippen LogP contribution is 2.33. The van der Waals surface area contributed by atoms with Crippen molar-refractivity contribution in [1.29, 1.82) is 0 Å². The molecule has 17 heavy (non-hydrogen) atoms. The Hall–Kier alpha value is -0.580. The van der Waals surface area contributed by atoms with Crippen LogP contribution in [0.1, 0.15) is 18.1 Å². The summed E-state index contributed by atoms with van der Waals surface area (Å²) in [5.74, 6) is 0.948. The Morgan fingerprint density at radius 1 is 1.53 bits per heavy atom. The molecule has 1 heterocycles. The number of hydrogen-bond donors (Lipinski definition) is 1. The molecule has 1 unspecified atom stereocenters. The van der Waals surface area contributed by atoms with Gasteiger partial charge in [-0.25, -0.2) is 0 Å². The van der Waals surface area contributed by atoms with Crippen LogP contribution >= 0.6 is 15.9 Å². The standard InChI is InChI=1S/C13H17BrO3/c1-2-16-8-12(15)7-10-6-11(14)5-9-3-4-17-13(9)10/h5-6,12,15H,2-4,7-8H2,1H3. The summed E-state index contributed by atoms with van der Waals surface area (Å²) < 4.78 is 11.9. The molecule has 0 spiro atoms. The maximum Gasteiger partial charge on any atom is 0.125 e. The summed E-state index contributed by atoms with van der Waals surface area (Å²) >= 11 is 3.49. The van der Waals surface area contributed by atoms with Gasteiger partial charge in [0, 0.05) is 23.9 Å². The van der Waals surface area contributed by atoms with E-state index in [1.54, 1.807) is 0 Å². The van der Waals surface area contributed by atoms with Crippen LogP contribution in [0.15, 0.2) is 16.6 Å². The summed E-state index contributed by atoms with van der Waals surface area (Å²) in [5, 5.41) is 9.86. The third kappa shape index (κ3) is 3.21. The molecule has 1 aliphatic rings. The molecule has 1 aromatic carbocycles. The lowest BCUT2D eigenvalue weighted by Gasteiger charge is -2.13. The molecule has 0 saturated heterocycles. The molecule has 1 atom stereocenters. The molecule has 0 aromatic heterocycles. The second-order valence-corrected chi connectivity index (χ2v) is 5.08. The molecule has 0 amide bonds. The van der Waals surface area contributed by atoms with Crippen LogP contribution in [-0.2, 0) is 17.6 Å². The maximum absolute atomic E-state index is 9.86. The number of fused-ring (bicyclic) bond motifs is 1. The van der Waals surface area contributed by atoms with Crippen LogP contribution < -0.4 is 4.74 Å². The summed E-state index contributed by atoms with van der Waals surface area (Å²) in [4.78, 5) is 0. The molecule has 1 aromatic rings. The highest BCUT2D eigenvalue weighted by molar-refractivity contribution is 9.10. The number of aliphatic hydroxyl groups is 1. The van der Waals surface area contributed by atoms with Crippen molar-refractivity contribution in [2.24, 2.45) is 0 Å². The number of rotatable bonds is 5. The molecule has 94 valence electrons. The van der Waals surface area contributed by atoms with E-state index in [2.05, 4.69) is 22.0 Å². The zero-order valence-corrected chi connectivity index (χ0v) is 11.5. The predicted octanol–water partition coefficient (Wildman–Crippen LogP) is 2.32. The number of halogens is 1. The number of aliphatic hydroxyl groups excluding tert-OH is 1. The fourth-order valence-corrected chi connectivity index (χ4v) is 2.62. The van der Waals surface area contributed by atoms with Crippen molar-refractivity contribution < 1.29 is 14.6 Å². The molecule has 1 N–H and O–H groups in total. The van der Waals surface area contributed by atoms with Gasteiger partial charge < -0.3 is 14.6 Å². The summed E-state index contributed by atoms with van der Waals surface area (Å²) in [6.07, 6.45) is 1.04. The Kier molecular flexibility index (Phi) is 4.42. The molecule has 0 fully saturated rings. The molecule has 4 heteroatoms. The van der Waals surface area contributed by atoms with E-state index in [1.165, 1.54) is 5.56 Å². The lowest BCUT2D eigenvalue weighted by molar-refractivity contribution is 0.0427. The monoisotopic (exact) mass is 300 g/mol. The van der Waals surface area contributed by atoms with Crippen LogP contribution in [0.25, 0.3) is 0 Å². The van der Waals surface area contributed by atoms with Crippen molar-refractivity contribution in [3.63, 3.8) is 0 Å². The van der Waals surface area contributed by atoms with Gasteiger partial charge in [0.1, 0.15) is 5.75 Å². The fraction of sp³-hybridized carbons (Fsp3) is 0.538. The third-order valence-electron chi connectivity index (χ3n) is 2.80. The zero-order chi connectivity index (χ0) is 12.3. The summed E-state index contributed by atoms with van der Waals surface area (Å²) in [6, 6.07) is 4.10.